The van der Waals surface area contributed by atoms with Crippen LogP contribution < -0.4 is 15.4 Å². The van der Waals surface area contributed by atoms with Crippen molar-refractivity contribution in [3.05, 3.63) is 64.2 Å². The van der Waals surface area contributed by atoms with Gasteiger partial charge in [-0.05, 0) is 30.2 Å². The van der Waals surface area contributed by atoms with Gasteiger partial charge in [-0.3, -0.25) is 10.1 Å². The van der Waals surface area contributed by atoms with Crippen LogP contribution in [0.3, 0.4) is 0 Å². The van der Waals surface area contributed by atoms with Crippen LogP contribution in [0.5, 0.6) is 5.75 Å². The van der Waals surface area contributed by atoms with E-state index in [2.05, 4.69) is 10.6 Å². The number of hydrogen-bond acceptors (Lipinski definition) is 4. The van der Waals surface area contributed by atoms with E-state index in [4.69, 9.17) is 4.74 Å². The molecule has 0 spiro atoms. The van der Waals surface area contributed by atoms with E-state index in [1.54, 1.807) is 13.2 Å². The van der Waals surface area contributed by atoms with E-state index >= 15 is 0 Å². The summed E-state index contributed by atoms with van der Waals surface area (Å²) in [6.45, 7) is 0.438. The first kappa shape index (κ1) is 16.3. The summed E-state index contributed by atoms with van der Waals surface area (Å²) in [7, 11) is 1.60. The molecule has 2 rings (SSSR count). The van der Waals surface area contributed by atoms with Gasteiger partial charge in [0.15, 0.2) is 0 Å². The van der Waals surface area contributed by atoms with Crippen LogP contribution in [0, 0.1) is 10.1 Å². The molecular weight excluding hydrogens is 298 g/mol. The number of ether oxygens (including phenoxy) is 1. The van der Waals surface area contributed by atoms with Crippen molar-refractivity contribution in [3.63, 3.8) is 0 Å². The number of methoxy groups -OCH3 is 1. The van der Waals surface area contributed by atoms with Gasteiger partial charge in [0.1, 0.15) is 5.75 Å². The topological polar surface area (TPSA) is 93.5 Å². The van der Waals surface area contributed by atoms with E-state index in [1.165, 1.54) is 18.2 Å². The van der Waals surface area contributed by atoms with Gasteiger partial charge in [0, 0.05) is 24.4 Å². The Hall–Kier alpha value is -3.09. The van der Waals surface area contributed by atoms with Gasteiger partial charge >= 0.3 is 6.03 Å². The molecule has 0 aromatic heterocycles. The molecule has 0 bridgehead atoms. The van der Waals surface area contributed by atoms with Gasteiger partial charge in [-0.1, -0.05) is 18.2 Å². The molecule has 120 valence electrons. The van der Waals surface area contributed by atoms with Crippen LogP contribution in [0.2, 0.25) is 0 Å². The molecule has 7 heteroatoms. The van der Waals surface area contributed by atoms with Crippen LogP contribution in [0.1, 0.15) is 5.56 Å². The predicted molar refractivity (Wildman–Crippen MR) is 86.8 cm³/mol. The van der Waals surface area contributed by atoms with Crippen LogP contribution in [-0.4, -0.2) is 24.6 Å². The van der Waals surface area contributed by atoms with Crippen LogP contribution in [-0.2, 0) is 6.42 Å². The highest BCUT2D eigenvalue weighted by Gasteiger charge is 2.07. The van der Waals surface area contributed by atoms with E-state index in [0.717, 1.165) is 11.3 Å². The number of carbonyl (C=O) groups is 1. The van der Waals surface area contributed by atoms with E-state index in [-0.39, 0.29) is 5.69 Å². The second-order valence-electron chi connectivity index (χ2n) is 4.79. The van der Waals surface area contributed by atoms with Crippen molar-refractivity contribution in [2.45, 2.75) is 6.42 Å². The maximum absolute atomic E-state index is 11.8. The standard InChI is InChI=1S/C16H17N3O4/c1-23-15-7-2-4-12(10-15)8-9-17-16(20)18-13-5-3-6-14(11-13)19(21)22/h2-7,10-11H,8-9H2,1H3,(H2,17,18,20). The van der Waals surface area contributed by atoms with Crippen LogP contribution in [0.25, 0.3) is 0 Å². The van der Waals surface area contributed by atoms with E-state index in [9.17, 15) is 14.9 Å². The first-order valence-electron chi connectivity index (χ1n) is 7.01. The number of urea groups is 1. The summed E-state index contributed by atoms with van der Waals surface area (Å²) < 4.78 is 5.14. The molecule has 0 unspecified atom stereocenters. The largest absolute Gasteiger partial charge is 0.497 e. The zero-order valence-electron chi connectivity index (χ0n) is 12.6. The summed E-state index contributed by atoms with van der Waals surface area (Å²) in [5.41, 5.74) is 1.34. The van der Waals surface area contributed by atoms with Gasteiger partial charge in [0.05, 0.1) is 12.0 Å². The van der Waals surface area contributed by atoms with Crippen molar-refractivity contribution in [3.8, 4) is 5.75 Å². The first-order valence-corrected chi connectivity index (χ1v) is 7.01. The van der Waals surface area contributed by atoms with Crippen molar-refractivity contribution in [1.29, 1.82) is 0 Å². The van der Waals surface area contributed by atoms with Crippen LogP contribution in [0.4, 0.5) is 16.2 Å². The lowest BCUT2D eigenvalue weighted by molar-refractivity contribution is -0.384. The molecule has 0 aliphatic heterocycles. The lowest BCUT2D eigenvalue weighted by Crippen LogP contribution is -2.30. The van der Waals surface area contributed by atoms with Gasteiger partial charge in [-0.25, -0.2) is 4.79 Å². The fourth-order valence-electron chi connectivity index (χ4n) is 2.02. The molecule has 0 aliphatic carbocycles. The zero-order valence-corrected chi connectivity index (χ0v) is 12.6. The maximum Gasteiger partial charge on any atom is 0.319 e. The number of nitrogens with zero attached hydrogens (tertiary/aromatic N) is 1. The van der Waals surface area contributed by atoms with Gasteiger partial charge in [0.25, 0.3) is 5.69 Å². The zero-order chi connectivity index (χ0) is 16.7. The molecule has 0 aliphatic rings. The van der Waals surface area contributed by atoms with Crippen LogP contribution >= 0.6 is 0 Å². The number of amides is 2. The summed E-state index contributed by atoms with van der Waals surface area (Å²) in [4.78, 5) is 22.0. The normalized spacial score (nSPS) is 9.96. The molecule has 0 saturated heterocycles. The molecule has 0 fully saturated rings. The maximum atomic E-state index is 11.8. The number of nitro benzene ring substituents is 1. The number of anilines is 1. The molecule has 2 aromatic rings. The smallest absolute Gasteiger partial charge is 0.319 e. The molecular formula is C16H17N3O4. The van der Waals surface area contributed by atoms with Gasteiger partial charge in [-0.15, -0.1) is 0 Å². The third kappa shape index (κ3) is 4.99. The van der Waals surface area contributed by atoms with Crippen molar-refractivity contribution < 1.29 is 14.5 Å². The molecule has 0 saturated carbocycles. The highest BCUT2D eigenvalue weighted by atomic mass is 16.6. The Kier molecular flexibility index (Phi) is 5.51. The first-order chi connectivity index (χ1) is 11.1. The fraction of sp³-hybridized carbons (Fsp3) is 0.188. The number of nitro groups is 1. The number of non-ortho nitro benzene ring substituents is 1. The van der Waals surface area contributed by atoms with E-state index < -0.39 is 11.0 Å². The van der Waals surface area contributed by atoms with E-state index in [1.807, 2.05) is 24.3 Å². The average Bonchev–Trinajstić information content (AvgIpc) is 2.55. The highest BCUT2D eigenvalue weighted by Crippen LogP contribution is 2.17. The molecule has 23 heavy (non-hydrogen) atoms. The van der Waals surface area contributed by atoms with Gasteiger partial charge < -0.3 is 15.4 Å². The lowest BCUT2D eigenvalue weighted by atomic mass is 10.1. The Labute approximate surface area is 133 Å². The van der Waals surface area contributed by atoms with Crippen molar-refractivity contribution in [2.75, 3.05) is 19.0 Å². The Bertz CT molecular complexity index is 703. The number of carbonyl (C=O) groups excluding carboxylic acids is 1. The average molecular weight is 315 g/mol. The molecule has 0 heterocycles. The Morgan fingerprint density at radius 3 is 2.74 bits per heavy atom. The molecule has 0 atom stereocenters. The second-order valence-corrected chi connectivity index (χ2v) is 4.79. The monoisotopic (exact) mass is 315 g/mol. The number of hydrogen-bond donors (Lipinski definition) is 2. The minimum atomic E-state index is -0.508. The van der Waals surface area contributed by atoms with Gasteiger partial charge in [-0.2, -0.15) is 0 Å². The molecule has 2 amide bonds. The summed E-state index contributed by atoms with van der Waals surface area (Å²) in [6, 6.07) is 13.0. The Morgan fingerprint density at radius 1 is 1.22 bits per heavy atom. The SMILES string of the molecule is COc1cccc(CCNC(=O)Nc2cccc([N+](=O)[O-])c2)c1. The molecule has 0 radical (unpaired) electrons. The lowest BCUT2D eigenvalue weighted by Gasteiger charge is -2.08. The number of rotatable bonds is 6. The Balaban J connectivity index is 1.83. The van der Waals surface area contributed by atoms with Crippen molar-refractivity contribution >= 4 is 17.4 Å². The highest BCUT2D eigenvalue weighted by molar-refractivity contribution is 5.89. The molecule has 2 N–H and O–H groups in total. The molecule has 2 aromatic carbocycles. The summed E-state index contributed by atoms with van der Waals surface area (Å²) in [5, 5.41) is 16.0. The van der Waals surface area contributed by atoms with Crippen LogP contribution in [0.15, 0.2) is 48.5 Å². The summed E-state index contributed by atoms with van der Waals surface area (Å²) in [5.74, 6) is 0.767. The quantitative estimate of drug-likeness (QED) is 0.633. The summed E-state index contributed by atoms with van der Waals surface area (Å²) >= 11 is 0. The second kappa shape index (κ2) is 7.79. The minimum Gasteiger partial charge on any atom is -0.497 e. The third-order valence-corrected chi connectivity index (χ3v) is 3.15. The fourth-order valence-corrected chi connectivity index (χ4v) is 2.02. The van der Waals surface area contributed by atoms with E-state index in [0.29, 0.717) is 18.7 Å². The van der Waals surface area contributed by atoms with Gasteiger partial charge in [0.2, 0.25) is 0 Å². The van der Waals surface area contributed by atoms with Crippen molar-refractivity contribution in [2.24, 2.45) is 0 Å². The molecule has 7 nitrogen and oxygen atoms in total. The number of nitrogens with one attached hydrogen (secondary N) is 2. The van der Waals surface area contributed by atoms with Crippen molar-refractivity contribution in [1.82, 2.24) is 5.32 Å². The third-order valence-electron chi connectivity index (χ3n) is 3.15. The minimum absolute atomic E-state index is 0.0702. The summed E-state index contributed by atoms with van der Waals surface area (Å²) in [6.07, 6.45) is 0.652. The predicted octanol–water partition coefficient (Wildman–Crippen LogP) is 2.97. The Morgan fingerprint density at radius 2 is 2.00 bits per heavy atom. The number of benzene rings is 2.